The Labute approximate surface area is 403 Å². The van der Waals surface area contributed by atoms with E-state index in [1.807, 2.05) is 97.9 Å². The third kappa shape index (κ3) is 12.3. The van der Waals surface area contributed by atoms with E-state index in [1.54, 1.807) is 25.3 Å². The highest BCUT2D eigenvalue weighted by Crippen LogP contribution is 2.34. The summed E-state index contributed by atoms with van der Waals surface area (Å²) in [5.41, 5.74) is 13.2. The van der Waals surface area contributed by atoms with Gasteiger partial charge in [-0.3, -0.25) is 0 Å². The van der Waals surface area contributed by atoms with Crippen LogP contribution >= 0.6 is 22.6 Å². The molecule has 0 fully saturated rings. The second kappa shape index (κ2) is 23.4. The van der Waals surface area contributed by atoms with Gasteiger partial charge in [0.25, 0.3) is 0 Å². The molecule has 2 aliphatic rings. The fraction of sp³-hybridized carbons (Fsp3) is 0.200. The highest BCUT2D eigenvalue weighted by Gasteiger charge is 2.27. The molecule has 0 saturated carbocycles. The number of hydrogen-bond acceptors (Lipinski definition) is 11. The lowest BCUT2D eigenvalue weighted by Crippen LogP contribution is -2.04. The van der Waals surface area contributed by atoms with Crippen molar-refractivity contribution < 1.29 is 43.1 Å². The van der Waals surface area contributed by atoms with Gasteiger partial charge in [-0.1, -0.05) is 114 Å². The molecule has 4 heterocycles. The number of rotatable bonds is 8. The molecule has 6 aromatic carbocycles. The Kier molecular flexibility index (Phi) is 16.9. The van der Waals surface area contributed by atoms with Crippen molar-refractivity contribution in [2.45, 2.75) is 52.9 Å². The minimum Gasteiger partial charge on any atom is -0.465 e. The zero-order chi connectivity index (χ0) is 47.3. The quantitative estimate of drug-likeness (QED) is 0.115. The van der Waals surface area contributed by atoms with Crippen LogP contribution in [0.2, 0.25) is 0 Å². The summed E-state index contributed by atoms with van der Waals surface area (Å²) < 4.78 is 32.6. The van der Waals surface area contributed by atoms with Crippen LogP contribution in [0.1, 0.15) is 78.1 Å². The normalized spacial score (nSPS) is 14.3. The number of fused-ring (bicyclic) bond motifs is 4. The number of pyridine rings is 2. The first kappa shape index (κ1) is 48.5. The fourth-order valence-corrected chi connectivity index (χ4v) is 8.23. The molecule has 10 rings (SSSR count). The number of halogens is 1. The van der Waals surface area contributed by atoms with E-state index in [9.17, 15) is 14.7 Å². The zero-order valence-electron chi connectivity index (χ0n) is 37.9. The highest BCUT2D eigenvalue weighted by atomic mass is 127. The lowest BCUT2D eigenvalue weighted by Gasteiger charge is -2.12. The molecule has 0 bridgehead atoms. The average molecular weight is 1010 g/mol. The molecule has 67 heavy (non-hydrogen) atoms. The standard InChI is InChI=1S/C19H17NO2.C16H16O3.C12H11NO2.C8H7IO2/c1-13-5-4-6-14(9-13)11-21-19-18-16(12-22-19)10-15-7-2-3-8-17(15)20-18;1-11-7-12(10-17)9-13(8-11)14-5-3-4-6-15(14)16(18)19-2;1-14-12-11-9(7-15-12)6-8-4-2-3-5-10(8)13-11;1-11-8(10)6-4-2-3-5-7(6)9/h2-10,19H,11-12H2,1H3;3-9,17H,10H2,1-2H3;2-6,12H,7H2,1H3;2-5H,1H3. The van der Waals surface area contributed by atoms with Gasteiger partial charge in [0.2, 0.25) is 12.6 Å². The number of hydrogen-bond donors (Lipinski definition) is 1. The fourth-order valence-electron chi connectivity index (χ4n) is 7.63. The van der Waals surface area contributed by atoms with E-state index in [2.05, 4.69) is 81.7 Å². The first-order chi connectivity index (χ1) is 32.6. The van der Waals surface area contributed by atoms with Gasteiger partial charge in [-0.05, 0) is 107 Å². The van der Waals surface area contributed by atoms with E-state index in [-0.39, 0.29) is 31.1 Å². The predicted molar refractivity (Wildman–Crippen MR) is 266 cm³/mol. The van der Waals surface area contributed by atoms with E-state index >= 15 is 0 Å². The van der Waals surface area contributed by atoms with E-state index in [0.717, 1.165) is 75.7 Å². The number of carbonyl (C=O) groups is 2. The molecule has 2 aliphatic heterocycles. The highest BCUT2D eigenvalue weighted by molar-refractivity contribution is 14.1. The van der Waals surface area contributed by atoms with Gasteiger partial charge in [-0.2, -0.15) is 0 Å². The summed E-state index contributed by atoms with van der Waals surface area (Å²) in [6, 6.07) is 49.2. The van der Waals surface area contributed by atoms with E-state index in [1.165, 1.54) is 19.8 Å². The molecule has 0 radical (unpaired) electrons. The van der Waals surface area contributed by atoms with Crippen LogP contribution in [0.25, 0.3) is 32.9 Å². The number of ether oxygens (including phenoxy) is 6. The number of aromatic nitrogens is 2. The first-order valence-corrected chi connectivity index (χ1v) is 22.6. The number of aryl methyl sites for hydroxylation is 2. The monoisotopic (exact) mass is 1010 g/mol. The molecule has 0 saturated heterocycles. The van der Waals surface area contributed by atoms with Crippen molar-refractivity contribution in [2.75, 3.05) is 21.3 Å². The summed E-state index contributed by atoms with van der Waals surface area (Å²) in [7, 11) is 4.39. The van der Waals surface area contributed by atoms with Crippen LogP contribution in [0.4, 0.5) is 0 Å². The van der Waals surface area contributed by atoms with Crippen LogP contribution in [0.15, 0.2) is 152 Å². The van der Waals surface area contributed by atoms with Crippen LogP contribution in [0, 0.1) is 17.4 Å². The minimum absolute atomic E-state index is 0.0188. The summed E-state index contributed by atoms with van der Waals surface area (Å²) in [4.78, 5) is 32.1. The number of benzene rings is 6. The Morgan fingerprint density at radius 2 is 1.16 bits per heavy atom. The van der Waals surface area contributed by atoms with Gasteiger partial charge in [0.15, 0.2) is 0 Å². The second-order valence-electron chi connectivity index (χ2n) is 15.6. The van der Waals surface area contributed by atoms with Crippen molar-refractivity contribution in [2.24, 2.45) is 0 Å². The van der Waals surface area contributed by atoms with Crippen LogP contribution < -0.4 is 0 Å². The third-order valence-corrected chi connectivity index (χ3v) is 11.8. The summed E-state index contributed by atoms with van der Waals surface area (Å²) in [5, 5.41) is 11.6. The van der Waals surface area contributed by atoms with Crippen LogP contribution in [0.5, 0.6) is 0 Å². The molecule has 342 valence electrons. The van der Waals surface area contributed by atoms with Gasteiger partial charge < -0.3 is 33.5 Å². The van der Waals surface area contributed by atoms with Gasteiger partial charge in [0, 0.05) is 32.6 Å². The van der Waals surface area contributed by atoms with E-state index in [4.69, 9.17) is 28.7 Å². The van der Waals surface area contributed by atoms with E-state index in [0.29, 0.717) is 30.9 Å². The molecule has 0 amide bonds. The van der Waals surface area contributed by atoms with Crippen molar-refractivity contribution in [3.63, 3.8) is 0 Å². The Balaban J connectivity index is 0.000000136. The zero-order valence-corrected chi connectivity index (χ0v) is 40.1. The van der Waals surface area contributed by atoms with Gasteiger partial charge in [-0.15, -0.1) is 0 Å². The lowest BCUT2D eigenvalue weighted by atomic mass is 9.96. The molecule has 11 nitrogen and oxygen atoms in total. The Morgan fingerprint density at radius 1 is 0.612 bits per heavy atom. The van der Waals surface area contributed by atoms with Crippen LogP contribution in [-0.2, 0) is 54.8 Å². The maximum atomic E-state index is 11.8. The number of carbonyl (C=O) groups excluding carboxylic acids is 2. The number of aliphatic hydroxyl groups excluding tert-OH is 1. The Bertz CT molecular complexity index is 2990. The smallest absolute Gasteiger partial charge is 0.338 e. The summed E-state index contributed by atoms with van der Waals surface area (Å²) >= 11 is 2.10. The van der Waals surface area contributed by atoms with Crippen molar-refractivity contribution in [1.82, 2.24) is 9.97 Å². The van der Waals surface area contributed by atoms with Gasteiger partial charge >= 0.3 is 11.9 Å². The van der Waals surface area contributed by atoms with Crippen molar-refractivity contribution in [1.29, 1.82) is 0 Å². The van der Waals surface area contributed by atoms with Crippen molar-refractivity contribution >= 4 is 56.3 Å². The maximum Gasteiger partial charge on any atom is 0.338 e. The Hall–Kier alpha value is -6.39. The van der Waals surface area contributed by atoms with Crippen LogP contribution in [0.3, 0.4) is 0 Å². The molecule has 8 aromatic rings. The lowest BCUT2D eigenvalue weighted by molar-refractivity contribution is -0.147. The summed E-state index contributed by atoms with van der Waals surface area (Å²) in [6.07, 6.45) is -0.676. The van der Waals surface area contributed by atoms with E-state index < -0.39 is 0 Å². The van der Waals surface area contributed by atoms with Crippen molar-refractivity contribution in [3.05, 3.63) is 211 Å². The molecule has 2 aromatic heterocycles. The predicted octanol–water partition coefficient (Wildman–Crippen LogP) is 11.7. The number of nitrogens with zero attached hydrogens (tertiary/aromatic N) is 2. The molecule has 1 N–H and O–H groups in total. The third-order valence-electron chi connectivity index (χ3n) is 10.8. The molecule has 2 unspecified atom stereocenters. The van der Waals surface area contributed by atoms with Gasteiger partial charge in [0.05, 0.1) is 62.8 Å². The molecule has 0 spiro atoms. The van der Waals surface area contributed by atoms with Crippen molar-refractivity contribution in [3.8, 4) is 11.1 Å². The molecule has 2 atom stereocenters. The SMILES string of the molecule is COC(=O)c1ccccc1-c1cc(C)cc(CO)c1.COC(=O)c1ccccc1I.COC1OCc2cc3ccccc3nc21.Cc1cccc(COC2OCc3cc4ccccc4nc32)c1. The molecular weight excluding hydrogens is 960 g/mol. The second-order valence-corrected chi connectivity index (χ2v) is 16.8. The molecular formula is C55H51IN2O9. The Morgan fingerprint density at radius 3 is 1.78 bits per heavy atom. The van der Waals surface area contributed by atoms with Gasteiger partial charge in [-0.25, -0.2) is 19.6 Å². The number of esters is 2. The maximum absolute atomic E-state index is 11.8. The first-order valence-electron chi connectivity index (χ1n) is 21.5. The summed E-state index contributed by atoms with van der Waals surface area (Å²) in [6.45, 7) is 5.70. The molecule has 0 aliphatic carbocycles. The number of para-hydroxylation sites is 2. The average Bonchev–Trinajstić information content (AvgIpc) is 3.96. The van der Waals surface area contributed by atoms with Crippen LogP contribution in [-0.4, -0.2) is 48.3 Å². The van der Waals surface area contributed by atoms with Gasteiger partial charge in [0.1, 0.15) is 11.4 Å². The summed E-state index contributed by atoms with van der Waals surface area (Å²) in [5.74, 6) is -0.641. The molecule has 12 heteroatoms. The largest absolute Gasteiger partial charge is 0.465 e. The topological polar surface area (TPSA) is 136 Å². The number of methoxy groups -OCH3 is 3. The number of aliphatic hydroxyl groups is 1. The minimum atomic E-state index is -0.375.